The van der Waals surface area contributed by atoms with E-state index in [0.29, 0.717) is 12.0 Å². The van der Waals surface area contributed by atoms with Crippen LogP contribution in [0.2, 0.25) is 0 Å². The third-order valence-corrected chi connectivity index (χ3v) is 5.15. The van der Waals surface area contributed by atoms with Gasteiger partial charge in [0.25, 0.3) is 0 Å². The van der Waals surface area contributed by atoms with Crippen LogP contribution in [0.25, 0.3) is 0 Å². The number of benzene rings is 1. The zero-order valence-corrected chi connectivity index (χ0v) is 12.1. The van der Waals surface area contributed by atoms with Gasteiger partial charge >= 0.3 is 5.97 Å². The summed E-state index contributed by atoms with van der Waals surface area (Å²) >= 11 is 0. The molecule has 1 heterocycles. The van der Waals surface area contributed by atoms with Crippen LogP contribution in [0.5, 0.6) is 0 Å². The Morgan fingerprint density at radius 2 is 2.00 bits per heavy atom. The summed E-state index contributed by atoms with van der Waals surface area (Å²) in [4.78, 5) is 11.1. The van der Waals surface area contributed by atoms with Crippen molar-refractivity contribution < 1.29 is 23.4 Å². The molecule has 0 bridgehead atoms. The Balaban J connectivity index is 2.38. The van der Waals surface area contributed by atoms with Crippen molar-refractivity contribution in [1.82, 2.24) is 4.31 Å². The maximum atomic E-state index is 12.3. The van der Waals surface area contributed by atoms with E-state index in [4.69, 9.17) is 5.11 Å². The average Bonchev–Trinajstić information content (AvgIpc) is 2.34. The maximum absolute atomic E-state index is 12.3. The molecular formula is C13H17NO5S. The average molecular weight is 299 g/mol. The minimum atomic E-state index is -3.74. The zero-order valence-electron chi connectivity index (χ0n) is 11.3. The van der Waals surface area contributed by atoms with Crippen molar-refractivity contribution in [3.05, 3.63) is 29.3 Å². The lowest BCUT2D eigenvalue weighted by molar-refractivity contribution is -0.0426. The van der Waals surface area contributed by atoms with Crippen LogP contribution in [0.4, 0.5) is 0 Å². The summed E-state index contributed by atoms with van der Waals surface area (Å²) in [6.45, 7) is 3.41. The second kappa shape index (κ2) is 4.83. The summed E-state index contributed by atoms with van der Waals surface area (Å²) in [6.07, 6.45) is 0.514. The van der Waals surface area contributed by atoms with E-state index in [9.17, 15) is 18.3 Å². The first kappa shape index (κ1) is 15.0. The number of aromatic carboxylic acids is 1. The first-order valence-electron chi connectivity index (χ1n) is 6.26. The molecule has 0 aromatic heterocycles. The zero-order chi connectivity index (χ0) is 15.1. The number of β-amino-alcohol motifs (C(OH)–C–C–N with tert-alkyl or cyclic N) is 1. The Morgan fingerprint density at radius 1 is 1.40 bits per heavy atom. The van der Waals surface area contributed by atoms with E-state index < -0.39 is 21.6 Å². The van der Waals surface area contributed by atoms with Crippen LogP contribution < -0.4 is 0 Å². The van der Waals surface area contributed by atoms with E-state index in [1.54, 1.807) is 6.92 Å². The first-order chi connectivity index (χ1) is 9.17. The highest BCUT2D eigenvalue weighted by Gasteiger charge is 2.44. The number of rotatable bonds is 4. The second-order valence-electron chi connectivity index (χ2n) is 5.25. The van der Waals surface area contributed by atoms with Crippen LogP contribution in [0.3, 0.4) is 0 Å². The standard InChI is InChI=1S/C13H17NO5S/c1-3-9-4-5-10(6-11(9)12(15)16)20(18,19)14-7-13(2,17)8-14/h4-6,17H,3,7-8H2,1-2H3,(H,15,16). The number of aliphatic hydroxyl groups is 1. The molecule has 6 nitrogen and oxygen atoms in total. The van der Waals surface area contributed by atoms with E-state index >= 15 is 0 Å². The molecule has 0 atom stereocenters. The molecule has 1 aliphatic rings. The van der Waals surface area contributed by atoms with Gasteiger partial charge in [-0.3, -0.25) is 0 Å². The number of nitrogens with zero attached hydrogens (tertiary/aromatic N) is 1. The SMILES string of the molecule is CCc1ccc(S(=O)(=O)N2CC(C)(O)C2)cc1C(=O)O. The van der Waals surface area contributed by atoms with Gasteiger partial charge in [0, 0.05) is 13.1 Å². The van der Waals surface area contributed by atoms with Gasteiger partial charge in [0.2, 0.25) is 10.0 Å². The van der Waals surface area contributed by atoms with Gasteiger partial charge in [-0.25, -0.2) is 13.2 Å². The normalized spacial score (nSPS) is 18.6. The van der Waals surface area contributed by atoms with Crippen molar-refractivity contribution in [3.63, 3.8) is 0 Å². The van der Waals surface area contributed by atoms with E-state index in [-0.39, 0.29) is 23.5 Å². The van der Waals surface area contributed by atoms with Crippen LogP contribution in [0.15, 0.2) is 23.1 Å². The van der Waals surface area contributed by atoms with Gasteiger partial charge in [-0.2, -0.15) is 4.31 Å². The molecule has 20 heavy (non-hydrogen) atoms. The molecule has 0 aliphatic carbocycles. The molecule has 2 rings (SSSR count). The lowest BCUT2D eigenvalue weighted by Gasteiger charge is -2.42. The Kier molecular flexibility index (Phi) is 3.62. The van der Waals surface area contributed by atoms with E-state index in [1.807, 2.05) is 6.92 Å². The van der Waals surface area contributed by atoms with Gasteiger partial charge in [-0.05, 0) is 31.0 Å². The third kappa shape index (κ3) is 2.56. The number of aryl methyl sites for hydroxylation is 1. The number of sulfonamides is 1. The number of hydrogen-bond donors (Lipinski definition) is 2. The molecule has 0 spiro atoms. The molecule has 0 radical (unpaired) electrons. The predicted octanol–water partition coefficient (Wildman–Crippen LogP) is 0.702. The Morgan fingerprint density at radius 3 is 2.45 bits per heavy atom. The topological polar surface area (TPSA) is 94.9 Å². The van der Waals surface area contributed by atoms with Crippen molar-refractivity contribution in [3.8, 4) is 0 Å². The number of hydrogen-bond acceptors (Lipinski definition) is 4. The van der Waals surface area contributed by atoms with E-state index in [1.165, 1.54) is 18.2 Å². The van der Waals surface area contributed by atoms with Gasteiger partial charge in [-0.1, -0.05) is 13.0 Å². The lowest BCUT2D eigenvalue weighted by atomic mass is 10.0. The minimum absolute atomic E-state index is 0.000795. The minimum Gasteiger partial charge on any atom is -0.478 e. The lowest BCUT2D eigenvalue weighted by Crippen LogP contribution is -2.61. The monoisotopic (exact) mass is 299 g/mol. The molecule has 0 amide bonds. The molecule has 1 aliphatic heterocycles. The number of carboxylic acids is 1. The fraction of sp³-hybridized carbons (Fsp3) is 0.462. The summed E-state index contributed by atoms with van der Waals surface area (Å²) in [7, 11) is -3.74. The van der Waals surface area contributed by atoms with Crippen molar-refractivity contribution in [2.45, 2.75) is 30.8 Å². The molecule has 1 aromatic rings. The van der Waals surface area contributed by atoms with Crippen molar-refractivity contribution >= 4 is 16.0 Å². The molecule has 1 aromatic carbocycles. The highest BCUT2D eigenvalue weighted by molar-refractivity contribution is 7.89. The van der Waals surface area contributed by atoms with Crippen LogP contribution >= 0.6 is 0 Å². The van der Waals surface area contributed by atoms with Crippen molar-refractivity contribution in [2.75, 3.05) is 13.1 Å². The highest BCUT2D eigenvalue weighted by atomic mass is 32.2. The molecule has 0 saturated carbocycles. The largest absolute Gasteiger partial charge is 0.478 e. The van der Waals surface area contributed by atoms with Gasteiger partial charge in [0.1, 0.15) is 0 Å². The third-order valence-electron chi connectivity index (χ3n) is 3.36. The number of carboxylic acid groups (broad SMARTS) is 1. The Hall–Kier alpha value is -1.44. The van der Waals surface area contributed by atoms with Crippen LogP contribution in [-0.4, -0.2) is 47.6 Å². The summed E-state index contributed by atoms with van der Waals surface area (Å²) in [5, 5.41) is 18.7. The summed E-state index contributed by atoms with van der Waals surface area (Å²) in [5.41, 5.74) is -0.417. The predicted molar refractivity (Wildman–Crippen MR) is 72.2 cm³/mol. The first-order valence-corrected chi connectivity index (χ1v) is 7.70. The van der Waals surface area contributed by atoms with Crippen molar-refractivity contribution in [1.29, 1.82) is 0 Å². The molecular weight excluding hydrogens is 282 g/mol. The van der Waals surface area contributed by atoms with Gasteiger partial charge in [0.05, 0.1) is 16.1 Å². The Bertz CT molecular complexity index is 643. The molecule has 7 heteroatoms. The van der Waals surface area contributed by atoms with Crippen LogP contribution in [-0.2, 0) is 16.4 Å². The molecule has 1 saturated heterocycles. The quantitative estimate of drug-likeness (QED) is 0.853. The van der Waals surface area contributed by atoms with Crippen molar-refractivity contribution in [2.24, 2.45) is 0 Å². The summed E-state index contributed by atoms with van der Waals surface area (Å²) in [5.74, 6) is -1.14. The molecule has 2 N–H and O–H groups in total. The fourth-order valence-corrected chi connectivity index (χ4v) is 3.96. The summed E-state index contributed by atoms with van der Waals surface area (Å²) in [6, 6.07) is 4.12. The van der Waals surface area contributed by atoms with Crippen LogP contribution in [0.1, 0.15) is 29.8 Å². The summed E-state index contributed by atoms with van der Waals surface area (Å²) < 4.78 is 25.7. The molecule has 110 valence electrons. The second-order valence-corrected chi connectivity index (χ2v) is 7.19. The Labute approximate surface area is 117 Å². The van der Waals surface area contributed by atoms with Crippen LogP contribution in [0, 0.1) is 0 Å². The highest BCUT2D eigenvalue weighted by Crippen LogP contribution is 2.28. The maximum Gasteiger partial charge on any atom is 0.336 e. The van der Waals surface area contributed by atoms with Gasteiger partial charge < -0.3 is 10.2 Å². The molecule has 0 unspecified atom stereocenters. The fourth-order valence-electron chi connectivity index (χ4n) is 2.26. The van der Waals surface area contributed by atoms with E-state index in [2.05, 4.69) is 0 Å². The van der Waals surface area contributed by atoms with Gasteiger partial charge in [0.15, 0.2) is 0 Å². The number of carbonyl (C=O) groups is 1. The molecule has 1 fully saturated rings. The van der Waals surface area contributed by atoms with E-state index in [0.717, 1.165) is 4.31 Å². The smallest absolute Gasteiger partial charge is 0.336 e. The van der Waals surface area contributed by atoms with Gasteiger partial charge in [-0.15, -0.1) is 0 Å².